The van der Waals surface area contributed by atoms with Crippen LogP contribution in [0.4, 0.5) is 0 Å². The van der Waals surface area contributed by atoms with Crippen LogP contribution >= 0.6 is 34.9 Å². The van der Waals surface area contributed by atoms with Crippen LogP contribution in [0.15, 0.2) is 27.4 Å². The monoisotopic (exact) mass is 463 g/mol. The number of fused-ring (bicyclic) bond motifs is 1. The molecule has 2 rings (SSSR count). The number of rotatable bonds is 12. The third-order valence-electron chi connectivity index (χ3n) is 3.96. The number of thiazole rings is 1. The molecular formula is C17H25N3O4S4. The number of nitrogens with zero attached hydrogens (tertiary/aromatic N) is 1. The Labute approximate surface area is 178 Å². The van der Waals surface area contributed by atoms with Gasteiger partial charge in [0.1, 0.15) is 6.04 Å². The summed E-state index contributed by atoms with van der Waals surface area (Å²) in [5, 5.41) is 8.87. The van der Waals surface area contributed by atoms with Gasteiger partial charge in [0, 0.05) is 5.75 Å². The number of hydroxylamine groups is 1. The molecule has 0 radical (unpaired) electrons. The summed E-state index contributed by atoms with van der Waals surface area (Å²) < 4.78 is 29.5. The highest BCUT2D eigenvalue weighted by atomic mass is 32.2. The molecule has 2 aromatic rings. The van der Waals surface area contributed by atoms with Gasteiger partial charge < -0.3 is 0 Å². The van der Waals surface area contributed by atoms with Crippen molar-refractivity contribution in [3.05, 3.63) is 18.2 Å². The predicted molar refractivity (Wildman–Crippen MR) is 117 cm³/mol. The molecule has 28 heavy (non-hydrogen) atoms. The van der Waals surface area contributed by atoms with E-state index in [1.807, 2.05) is 6.26 Å². The first-order valence-electron chi connectivity index (χ1n) is 8.90. The van der Waals surface area contributed by atoms with Crippen LogP contribution < -0.4 is 10.2 Å². The number of carbonyl (C=O) groups excluding carboxylic acids is 1. The van der Waals surface area contributed by atoms with Crippen molar-refractivity contribution in [1.82, 2.24) is 15.2 Å². The largest absolute Gasteiger partial charge is 0.289 e. The van der Waals surface area contributed by atoms with Gasteiger partial charge in [-0.3, -0.25) is 10.0 Å². The maximum absolute atomic E-state index is 12.7. The van der Waals surface area contributed by atoms with Gasteiger partial charge >= 0.3 is 0 Å². The van der Waals surface area contributed by atoms with Gasteiger partial charge in [-0.15, -0.1) is 11.3 Å². The van der Waals surface area contributed by atoms with E-state index in [0.717, 1.165) is 26.7 Å². The maximum atomic E-state index is 12.7. The standard InChI is InChI=1S/C17H25N3O4S4/c1-3-4-5-9-26-17-18-13-7-6-12(11-15(13)27-17)28(23,24)20-14(8-10-25-2)16(21)19-22/h6-7,11,14,20,22H,3-5,8-10H2,1-2H3,(H,19,21)/t14-/m1/s1. The quantitative estimate of drug-likeness (QED) is 0.191. The molecule has 156 valence electrons. The molecule has 0 aliphatic rings. The van der Waals surface area contributed by atoms with E-state index in [2.05, 4.69) is 16.6 Å². The van der Waals surface area contributed by atoms with Crippen molar-refractivity contribution < 1.29 is 18.4 Å². The number of benzene rings is 1. The Kier molecular flexibility index (Phi) is 9.51. The molecule has 0 saturated carbocycles. The summed E-state index contributed by atoms with van der Waals surface area (Å²) in [7, 11) is -3.91. The first kappa shape index (κ1) is 23.4. The summed E-state index contributed by atoms with van der Waals surface area (Å²) in [6.07, 6.45) is 5.61. The number of hydrogen-bond donors (Lipinski definition) is 3. The van der Waals surface area contributed by atoms with Crippen LogP contribution in [0.3, 0.4) is 0 Å². The van der Waals surface area contributed by atoms with E-state index in [0.29, 0.717) is 5.75 Å². The third-order valence-corrected chi connectivity index (χ3v) is 8.32. The number of sulfonamides is 1. The van der Waals surface area contributed by atoms with Gasteiger partial charge in [-0.25, -0.2) is 18.9 Å². The van der Waals surface area contributed by atoms with Crippen LogP contribution in [0.25, 0.3) is 10.2 Å². The summed E-state index contributed by atoms with van der Waals surface area (Å²) in [5.41, 5.74) is 2.28. The van der Waals surface area contributed by atoms with Gasteiger partial charge in [0.25, 0.3) is 5.91 Å². The molecule has 0 bridgehead atoms. The van der Waals surface area contributed by atoms with Crippen molar-refractivity contribution in [2.24, 2.45) is 0 Å². The van der Waals surface area contributed by atoms with E-state index in [4.69, 9.17) is 5.21 Å². The first-order valence-corrected chi connectivity index (χ1v) is 13.6. The zero-order valence-electron chi connectivity index (χ0n) is 15.8. The van der Waals surface area contributed by atoms with Crippen LogP contribution in [0.5, 0.6) is 0 Å². The zero-order valence-corrected chi connectivity index (χ0v) is 19.1. The second-order valence-corrected chi connectivity index (χ2v) is 11.2. The van der Waals surface area contributed by atoms with E-state index in [1.165, 1.54) is 47.5 Å². The highest BCUT2D eigenvalue weighted by molar-refractivity contribution is 8.01. The van der Waals surface area contributed by atoms with E-state index >= 15 is 0 Å². The van der Waals surface area contributed by atoms with E-state index in [-0.39, 0.29) is 11.3 Å². The molecule has 11 heteroatoms. The fraction of sp³-hybridized carbons (Fsp3) is 0.529. The zero-order chi connectivity index (χ0) is 20.6. The minimum atomic E-state index is -3.91. The summed E-state index contributed by atoms with van der Waals surface area (Å²) in [6.45, 7) is 2.16. The number of nitrogens with one attached hydrogen (secondary N) is 2. The number of amides is 1. The van der Waals surface area contributed by atoms with Crippen LogP contribution in [-0.2, 0) is 14.8 Å². The Hall–Kier alpha value is -0.850. The Morgan fingerprint density at radius 2 is 2.11 bits per heavy atom. The van der Waals surface area contributed by atoms with Crippen molar-refractivity contribution >= 4 is 61.0 Å². The smallest absolute Gasteiger partial charge is 0.261 e. The molecule has 0 aliphatic carbocycles. The van der Waals surface area contributed by atoms with Gasteiger partial charge in [0.15, 0.2) is 4.34 Å². The molecule has 0 aliphatic heterocycles. The highest BCUT2D eigenvalue weighted by Crippen LogP contribution is 2.31. The number of aromatic nitrogens is 1. The molecule has 1 amide bonds. The molecule has 0 fully saturated rings. The van der Waals surface area contributed by atoms with Crippen LogP contribution in [-0.4, -0.2) is 48.3 Å². The predicted octanol–water partition coefficient (Wildman–Crippen LogP) is 3.48. The number of carbonyl (C=O) groups is 1. The van der Waals surface area contributed by atoms with Gasteiger partial charge in [-0.1, -0.05) is 31.5 Å². The number of thioether (sulfide) groups is 2. The van der Waals surface area contributed by atoms with Crippen molar-refractivity contribution in [3.8, 4) is 0 Å². The van der Waals surface area contributed by atoms with Gasteiger partial charge in [-0.05, 0) is 43.0 Å². The van der Waals surface area contributed by atoms with Crippen molar-refractivity contribution in [3.63, 3.8) is 0 Å². The molecule has 3 N–H and O–H groups in total. The molecule has 0 unspecified atom stereocenters. The average Bonchev–Trinajstić information content (AvgIpc) is 3.09. The SMILES string of the molecule is CCCCCSc1nc2ccc(S(=O)(=O)N[C@H](CCSC)C(=O)NO)cc2s1. The fourth-order valence-corrected chi connectivity index (χ4v) is 6.42. The molecule has 0 saturated heterocycles. The second kappa shape index (κ2) is 11.4. The van der Waals surface area contributed by atoms with Crippen LogP contribution in [0.2, 0.25) is 0 Å². The molecule has 1 heterocycles. The Balaban J connectivity index is 2.16. The topological polar surface area (TPSA) is 108 Å². The number of unbranched alkanes of at least 4 members (excludes halogenated alkanes) is 2. The van der Waals surface area contributed by atoms with Crippen molar-refractivity contribution in [2.45, 2.75) is 47.9 Å². The maximum Gasteiger partial charge on any atom is 0.261 e. The lowest BCUT2D eigenvalue weighted by atomic mass is 10.2. The minimum absolute atomic E-state index is 0.0751. The average molecular weight is 464 g/mol. The molecular weight excluding hydrogens is 438 g/mol. The molecule has 1 aromatic heterocycles. The first-order chi connectivity index (χ1) is 13.4. The van der Waals surface area contributed by atoms with Gasteiger partial charge in [0.2, 0.25) is 10.0 Å². The van der Waals surface area contributed by atoms with Crippen molar-refractivity contribution in [2.75, 3.05) is 17.8 Å². The van der Waals surface area contributed by atoms with E-state index < -0.39 is 22.0 Å². The molecule has 0 spiro atoms. The summed E-state index contributed by atoms with van der Waals surface area (Å²) in [6, 6.07) is 3.70. The summed E-state index contributed by atoms with van der Waals surface area (Å²) >= 11 is 4.64. The molecule has 1 aromatic carbocycles. The van der Waals surface area contributed by atoms with E-state index in [9.17, 15) is 13.2 Å². The fourth-order valence-electron chi connectivity index (χ4n) is 2.44. The molecule has 7 nitrogen and oxygen atoms in total. The lowest BCUT2D eigenvalue weighted by Crippen LogP contribution is -2.46. The van der Waals surface area contributed by atoms with Crippen LogP contribution in [0.1, 0.15) is 32.6 Å². The van der Waals surface area contributed by atoms with Gasteiger partial charge in [0.05, 0.1) is 15.1 Å². The van der Waals surface area contributed by atoms with Gasteiger partial charge in [-0.2, -0.15) is 16.5 Å². The van der Waals surface area contributed by atoms with Crippen LogP contribution in [0, 0.1) is 0 Å². The normalized spacial score (nSPS) is 13.0. The highest BCUT2D eigenvalue weighted by Gasteiger charge is 2.25. The second-order valence-electron chi connectivity index (χ2n) is 6.10. The minimum Gasteiger partial charge on any atom is -0.289 e. The third kappa shape index (κ3) is 6.60. The Morgan fingerprint density at radius 3 is 2.79 bits per heavy atom. The Morgan fingerprint density at radius 1 is 1.32 bits per heavy atom. The summed E-state index contributed by atoms with van der Waals surface area (Å²) in [5.74, 6) is 0.795. The number of hydrogen-bond acceptors (Lipinski definition) is 8. The Bertz CT molecular complexity index is 886. The van der Waals surface area contributed by atoms with E-state index in [1.54, 1.807) is 23.9 Å². The summed E-state index contributed by atoms with van der Waals surface area (Å²) in [4.78, 5) is 16.4. The lowest BCUT2D eigenvalue weighted by molar-refractivity contribution is -0.130. The van der Waals surface area contributed by atoms with Crippen molar-refractivity contribution in [1.29, 1.82) is 0 Å². The molecule has 1 atom stereocenters. The lowest BCUT2D eigenvalue weighted by Gasteiger charge is -2.16.